The first-order chi connectivity index (χ1) is 29.5. The van der Waals surface area contributed by atoms with Crippen molar-refractivity contribution in [3.05, 3.63) is 72.9 Å². The van der Waals surface area contributed by atoms with Crippen LogP contribution in [0.5, 0.6) is 0 Å². The van der Waals surface area contributed by atoms with Gasteiger partial charge in [0.25, 0.3) is 0 Å². The van der Waals surface area contributed by atoms with Crippen molar-refractivity contribution in [3.8, 4) is 0 Å². The molecule has 0 fully saturated rings. The van der Waals surface area contributed by atoms with Gasteiger partial charge in [0.05, 0.1) is 0 Å². The first kappa shape index (κ1) is 56.9. The van der Waals surface area contributed by atoms with E-state index in [-0.39, 0.29) is 38.0 Å². The minimum Gasteiger partial charge on any atom is -0.462 e. The molecule has 0 amide bonds. The minimum absolute atomic E-state index is 0.129. The molecule has 0 radical (unpaired) electrons. The fourth-order valence-electron chi connectivity index (χ4n) is 6.66. The summed E-state index contributed by atoms with van der Waals surface area (Å²) in [6.07, 6.45) is 60.6. The van der Waals surface area contributed by atoms with Gasteiger partial charge in [-0.2, -0.15) is 0 Å². The van der Waals surface area contributed by atoms with Crippen molar-refractivity contribution in [1.82, 2.24) is 0 Å². The predicted molar refractivity (Wildman–Crippen MR) is 256 cm³/mol. The lowest BCUT2D eigenvalue weighted by Gasteiger charge is -2.18. The number of esters is 3. The Hall–Kier alpha value is -3.15. The van der Waals surface area contributed by atoms with Gasteiger partial charge in [-0.05, 0) is 83.5 Å². The second kappa shape index (κ2) is 48.5. The maximum atomic E-state index is 12.7. The molecule has 0 N–H and O–H groups in total. The molecule has 344 valence electrons. The molecule has 0 saturated carbocycles. The molecule has 1 unspecified atom stereocenters. The van der Waals surface area contributed by atoms with Gasteiger partial charge in [0.2, 0.25) is 0 Å². The molecule has 0 aromatic rings. The summed E-state index contributed by atoms with van der Waals surface area (Å²) in [7, 11) is 0. The molecule has 60 heavy (non-hydrogen) atoms. The van der Waals surface area contributed by atoms with Gasteiger partial charge < -0.3 is 14.2 Å². The van der Waals surface area contributed by atoms with Crippen LogP contribution in [0.15, 0.2) is 72.9 Å². The normalized spacial score (nSPS) is 12.7. The Kier molecular flexibility index (Phi) is 46.0. The van der Waals surface area contributed by atoms with Gasteiger partial charge in [0.15, 0.2) is 6.10 Å². The molecule has 0 rings (SSSR count). The maximum absolute atomic E-state index is 12.7. The first-order valence-electron chi connectivity index (χ1n) is 25.0. The number of hydrogen-bond donors (Lipinski definition) is 0. The molecule has 1 atom stereocenters. The van der Waals surface area contributed by atoms with Gasteiger partial charge in [-0.25, -0.2) is 0 Å². The fraction of sp³-hybridized carbons (Fsp3) is 0.722. The molecular weight excluding hydrogens is 745 g/mol. The molecule has 6 nitrogen and oxygen atoms in total. The van der Waals surface area contributed by atoms with Crippen LogP contribution in [0.2, 0.25) is 0 Å². The largest absolute Gasteiger partial charge is 0.462 e. The average molecular weight is 837 g/mol. The smallest absolute Gasteiger partial charge is 0.306 e. The van der Waals surface area contributed by atoms with Crippen LogP contribution < -0.4 is 0 Å². The molecule has 0 spiro atoms. The lowest BCUT2D eigenvalue weighted by atomic mass is 10.1. The van der Waals surface area contributed by atoms with E-state index in [0.717, 1.165) is 57.8 Å². The first-order valence-corrected chi connectivity index (χ1v) is 25.0. The zero-order valence-corrected chi connectivity index (χ0v) is 39.2. The zero-order valence-electron chi connectivity index (χ0n) is 39.2. The fourth-order valence-corrected chi connectivity index (χ4v) is 6.66. The van der Waals surface area contributed by atoms with Crippen molar-refractivity contribution in [2.45, 2.75) is 239 Å². The molecule has 0 heterocycles. The summed E-state index contributed by atoms with van der Waals surface area (Å²) in [4.78, 5) is 37.8. The number of allylic oxidation sites excluding steroid dienone is 12. The van der Waals surface area contributed by atoms with Crippen molar-refractivity contribution in [2.75, 3.05) is 13.2 Å². The Morgan fingerprint density at radius 3 is 1.12 bits per heavy atom. The van der Waals surface area contributed by atoms with Crippen LogP contribution in [0.4, 0.5) is 0 Å². The monoisotopic (exact) mass is 837 g/mol. The van der Waals surface area contributed by atoms with E-state index in [1.54, 1.807) is 0 Å². The summed E-state index contributed by atoms with van der Waals surface area (Å²) in [5.74, 6) is -1.09. The van der Waals surface area contributed by atoms with E-state index in [4.69, 9.17) is 14.2 Å². The van der Waals surface area contributed by atoms with Crippen LogP contribution >= 0.6 is 0 Å². The summed E-state index contributed by atoms with van der Waals surface area (Å²) in [5.41, 5.74) is 0. The Morgan fingerprint density at radius 1 is 0.350 bits per heavy atom. The quantitative estimate of drug-likeness (QED) is 0.0200. The topological polar surface area (TPSA) is 78.9 Å². The van der Waals surface area contributed by atoms with E-state index in [2.05, 4.69) is 81.5 Å². The van der Waals surface area contributed by atoms with Crippen molar-refractivity contribution in [3.63, 3.8) is 0 Å². The number of rotatable bonds is 44. The second-order valence-electron chi connectivity index (χ2n) is 16.4. The summed E-state index contributed by atoms with van der Waals surface area (Å²) in [6, 6.07) is 0. The number of carbonyl (C=O) groups excluding carboxylic acids is 3. The number of unbranched alkanes of at least 4 members (excludes halogenated alkanes) is 22. The van der Waals surface area contributed by atoms with E-state index >= 15 is 0 Å². The molecule has 0 saturated heterocycles. The standard InChI is InChI=1S/C54H92O6/c1-4-7-10-13-16-19-22-25-26-27-30-32-35-38-41-44-47-53(56)59-50-51(60-54(57)48-45-42-39-36-33-29-24-21-18-15-12-9-6-3)49-58-52(55)46-43-40-37-34-31-28-23-20-17-14-11-8-5-2/h26-33,37,39-40,42,51H,4-25,34-36,38,41,43-50H2,1-3H3/b27-26-,31-28-,32-30-,33-29-,40-37-,42-39-. The van der Waals surface area contributed by atoms with E-state index < -0.39 is 12.1 Å². The number of hydrogen-bond acceptors (Lipinski definition) is 6. The van der Waals surface area contributed by atoms with Crippen LogP contribution in [0.3, 0.4) is 0 Å². The van der Waals surface area contributed by atoms with Crippen molar-refractivity contribution >= 4 is 17.9 Å². The van der Waals surface area contributed by atoms with Gasteiger partial charge in [-0.1, -0.05) is 203 Å². The summed E-state index contributed by atoms with van der Waals surface area (Å²) in [5, 5.41) is 0. The molecule has 6 heteroatoms. The van der Waals surface area contributed by atoms with Gasteiger partial charge in [-0.15, -0.1) is 0 Å². The predicted octanol–water partition coefficient (Wildman–Crippen LogP) is 16.3. The van der Waals surface area contributed by atoms with Crippen LogP contribution in [-0.4, -0.2) is 37.2 Å². The second-order valence-corrected chi connectivity index (χ2v) is 16.4. The van der Waals surface area contributed by atoms with E-state index in [1.165, 1.54) is 122 Å². The molecule has 0 bridgehead atoms. The molecule has 0 aliphatic carbocycles. The third-order valence-electron chi connectivity index (χ3n) is 10.5. The summed E-state index contributed by atoms with van der Waals surface area (Å²) >= 11 is 0. The third kappa shape index (κ3) is 45.9. The highest BCUT2D eigenvalue weighted by molar-refractivity contribution is 5.71. The van der Waals surface area contributed by atoms with E-state index in [9.17, 15) is 14.4 Å². The third-order valence-corrected chi connectivity index (χ3v) is 10.5. The molecule has 0 aliphatic heterocycles. The van der Waals surface area contributed by atoms with Crippen LogP contribution in [0.25, 0.3) is 0 Å². The van der Waals surface area contributed by atoms with E-state index in [0.29, 0.717) is 19.3 Å². The van der Waals surface area contributed by atoms with E-state index in [1.807, 2.05) is 12.2 Å². The summed E-state index contributed by atoms with van der Waals surface area (Å²) < 4.78 is 16.6. The zero-order chi connectivity index (χ0) is 43.7. The number of ether oxygens (including phenoxy) is 3. The Labute approximate surface area is 370 Å². The highest BCUT2D eigenvalue weighted by Gasteiger charge is 2.19. The Bertz CT molecular complexity index is 1140. The van der Waals surface area contributed by atoms with Gasteiger partial charge in [0, 0.05) is 19.3 Å². The summed E-state index contributed by atoms with van der Waals surface area (Å²) in [6.45, 7) is 6.48. The SMILES string of the molecule is CCCCCCCC/C=C\C/C=C\CCC(=O)OCC(COC(=O)CCCCC/C=C\C=C/CCCCCCCCC)OC(=O)CC/C=C\C/C=C\CCCCCCCC. The molecular formula is C54H92O6. The molecule has 0 aliphatic rings. The van der Waals surface area contributed by atoms with Gasteiger partial charge >= 0.3 is 17.9 Å². The van der Waals surface area contributed by atoms with Crippen molar-refractivity contribution < 1.29 is 28.6 Å². The maximum Gasteiger partial charge on any atom is 0.306 e. The minimum atomic E-state index is -0.837. The molecule has 0 aromatic heterocycles. The highest BCUT2D eigenvalue weighted by atomic mass is 16.6. The van der Waals surface area contributed by atoms with Crippen LogP contribution in [0.1, 0.15) is 233 Å². The molecule has 0 aromatic carbocycles. The average Bonchev–Trinajstić information content (AvgIpc) is 3.24. The Morgan fingerprint density at radius 2 is 0.683 bits per heavy atom. The van der Waals surface area contributed by atoms with Gasteiger partial charge in [-0.3, -0.25) is 14.4 Å². The van der Waals surface area contributed by atoms with Crippen LogP contribution in [-0.2, 0) is 28.6 Å². The lowest BCUT2D eigenvalue weighted by Crippen LogP contribution is -2.30. The van der Waals surface area contributed by atoms with Crippen molar-refractivity contribution in [2.24, 2.45) is 0 Å². The lowest BCUT2D eigenvalue weighted by molar-refractivity contribution is -0.166. The van der Waals surface area contributed by atoms with Crippen LogP contribution in [0, 0.1) is 0 Å². The Balaban J connectivity index is 4.55. The number of carbonyl (C=O) groups is 3. The van der Waals surface area contributed by atoms with Crippen molar-refractivity contribution in [1.29, 1.82) is 0 Å². The van der Waals surface area contributed by atoms with Gasteiger partial charge in [0.1, 0.15) is 13.2 Å². The highest BCUT2D eigenvalue weighted by Crippen LogP contribution is 2.12.